The Morgan fingerprint density at radius 2 is 1.57 bits per heavy atom. The summed E-state index contributed by atoms with van der Waals surface area (Å²) in [6.45, 7) is -0.307. The first-order valence-corrected chi connectivity index (χ1v) is 9.13. The molecule has 0 unspecified atom stereocenters. The average Bonchev–Trinajstić information content (AvgIpc) is 2.76. The second-order valence-electron chi connectivity index (χ2n) is 6.37. The maximum atomic E-state index is 12.5. The number of esters is 1. The number of carbonyl (C=O) groups is 2. The van der Waals surface area contributed by atoms with Gasteiger partial charge in [0.15, 0.2) is 12.4 Å². The largest absolute Gasteiger partial charge is 0.497 e. The summed E-state index contributed by atoms with van der Waals surface area (Å²) in [5.74, 6) is -0.169. The summed E-state index contributed by atoms with van der Waals surface area (Å²) in [5.41, 5.74) is 3.06. The van der Waals surface area contributed by atoms with Gasteiger partial charge in [-0.15, -0.1) is 0 Å². The van der Waals surface area contributed by atoms with E-state index in [4.69, 9.17) is 9.47 Å². The zero-order chi connectivity index (χ0) is 19.8. The van der Waals surface area contributed by atoms with Gasteiger partial charge in [0.2, 0.25) is 0 Å². The molecule has 0 N–H and O–H groups in total. The van der Waals surface area contributed by atoms with Crippen molar-refractivity contribution in [1.82, 2.24) is 0 Å². The monoisotopic (exact) mass is 374 g/mol. The van der Waals surface area contributed by atoms with Crippen LogP contribution in [0.15, 0.2) is 78.9 Å². The van der Waals surface area contributed by atoms with Gasteiger partial charge in [-0.25, -0.2) is 4.79 Å². The van der Waals surface area contributed by atoms with E-state index >= 15 is 0 Å². The molecule has 4 nitrogen and oxygen atoms in total. The smallest absolute Gasteiger partial charge is 0.338 e. The van der Waals surface area contributed by atoms with Crippen molar-refractivity contribution >= 4 is 11.8 Å². The summed E-state index contributed by atoms with van der Waals surface area (Å²) in [7, 11) is 1.54. The van der Waals surface area contributed by atoms with E-state index in [1.165, 1.54) is 12.7 Å². The lowest BCUT2D eigenvalue weighted by molar-refractivity contribution is 0.0473. The predicted molar refractivity (Wildman–Crippen MR) is 108 cm³/mol. The summed E-state index contributed by atoms with van der Waals surface area (Å²) in [6.07, 6.45) is 1.55. The van der Waals surface area contributed by atoms with E-state index in [0.29, 0.717) is 16.9 Å². The zero-order valence-electron chi connectivity index (χ0n) is 15.8. The van der Waals surface area contributed by atoms with Gasteiger partial charge >= 0.3 is 5.97 Å². The number of benzene rings is 3. The third-order valence-electron chi connectivity index (χ3n) is 4.49. The number of aryl methyl sites for hydroxylation is 2. The highest BCUT2D eigenvalue weighted by molar-refractivity contribution is 5.99. The van der Waals surface area contributed by atoms with Crippen molar-refractivity contribution in [2.24, 2.45) is 0 Å². The number of methoxy groups -OCH3 is 1. The van der Waals surface area contributed by atoms with Gasteiger partial charge in [-0.1, -0.05) is 60.7 Å². The van der Waals surface area contributed by atoms with Gasteiger partial charge in [-0.05, 0) is 42.2 Å². The number of ketones is 1. The van der Waals surface area contributed by atoms with E-state index in [1.807, 2.05) is 30.3 Å². The Labute approximate surface area is 164 Å². The van der Waals surface area contributed by atoms with Crippen LogP contribution in [-0.2, 0) is 17.6 Å². The van der Waals surface area contributed by atoms with Gasteiger partial charge in [0, 0.05) is 5.56 Å². The van der Waals surface area contributed by atoms with Crippen LogP contribution in [0.25, 0.3) is 0 Å². The Kier molecular flexibility index (Phi) is 6.58. The van der Waals surface area contributed by atoms with Crippen LogP contribution in [0.5, 0.6) is 5.75 Å². The molecule has 0 aromatic heterocycles. The lowest BCUT2D eigenvalue weighted by atomic mass is 10.00. The third-order valence-corrected chi connectivity index (χ3v) is 4.49. The van der Waals surface area contributed by atoms with Gasteiger partial charge in [-0.2, -0.15) is 0 Å². The summed E-state index contributed by atoms with van der Waals surface area (Å²) >= 11 is 0. The molecular formula is C24H22O4. The maximum absolute atomic E-state index is 12.5. The van der Waals surface area contributed by atoms with E-state index in [2.05, 4.69) is 12.1 Å². The molecule has 3 rings (SSSR count). The number of hydrogen-bond donors (Lipinski definition) is 0. The first-order chi connectivity index (χ1) is 13.7. The van der Waals surface area contributed by atoms with Crippen LogP contribution in [-0.4, -0.2) is 25.5 Å². The van der Waals surface area contributed by atoms with Gasteiger partial charge in [0.1, 0.15) is 5.75 Å². The van der Waals surface area contributed by atoms with Crippen LogP contribution < -0.4 is 4.74 Å². The average molecular weight is 374 g/mol. The Hall–Kier alpha value is -3.40. The van der Waals surface area contributed by atoms with Crippen LogP contribution in [0.4, 0.5) is 0 Å². The molecule has 142 valence electrons. The molecule has 0 spiro atoms. The highest BCUT2D eigenvalue weighted by Gasteiger charge is 2.15. The van der Waals surface area contributed by atoms with Gasteiger partial charge in [0.05, 0.1) is 12.7 Å². The van der Waals surface area contributed by atoms with Crippen LogP contribution in [0.2, 0.25) is 0 Å². The second-order valence-corrected chi connectivity index (χ2v) is 6.37. The van der Waals surface area contributed by atoms with Crippen LogP contribution >= 0.6 is 0 Å². The fourth-order valence-corrected chi connectivity index (χ4v) is 2.95. The molecule has 0 fully saturated rings. The molecule has 0 saturated heterocycles. The fraction of sp³-hybridized carbons (Fsp3) is 0.167. The Balaban J connectivity index is 1.63. The van der Waals surface area contributed by atoms with Crippen molar-refractivity contribution in [1.29, 1.82) is 0 Å². The van der Waals surface area contributed by atoms with E-state index in [9.17, 15) is 9.59 Å². The van der Waals surface area contributed by atoms with Gasteiger partial charge in [0.25, 0.3) is 0 Å². The fourth-order valence-electron chi connectivity index (χ4n) is 2.95. The predicted octanol–water partition coefficient (Wildman–Crippen LogP) is 4.52. The molecule has 0 atom stereocenters. The SMILES string of the molecule is COc1cccc(C(=O)COC(=O)c2ccccc2CCc2ccccc2)c1. The molecule has 0 aliphatic rings. The van der Waals surface area contributed by atoms with E-state index in [1.54, 1.807) is 36.4 Å². The molecule has 0 bridgehead atoms. The minimum atomic E-state index is -0.486. The lowest BCUT2D eigenvalue weighted by Crippen LogP contribution is -2.15. The molecule has 4 heteroatoms. The van der Waals surface area contributed by atoms with Crippen molar-refractivity contribution in [3.05, 3.63) is 101 Å². The van der Waals surface area contributed by atoms with Crippen LogP contribution in [0, 0.1) is 0 Å². The Morgan fingerprint density at radius 1 is 0.821 bits per heavy atom. The molecule has 0 amide bonds. The van der Waals surface area contributed by atoms with E-state index in [0.717, 1.165) is 18.4 Å². The molecule has 0 aliphatic heterocycles. The summed E-state index contributed by atoms with van der Waals surface area (Å²) in [4.78, 5) is 24.8. The summed E-state index contributed by atoms with van der Waals surface area (Å²) in [6, 6.07) is 24.2. The molecular weight excluding hydrogens is 352 g/mol. The van der Waals surface area contributed by atoms with Crippen molar-refractivity contribution in [3.8, 4) is 5.75 Å². The number of ether oxygens (including phenoxy) is 2. The molecule has 0 heterocycles. The Bertz CT molecular complexity index is 948. The van der Waals surface area contributed by atoms with Crippen molar-refractivity contribution in [2.75, 3.05) is 13.7 Å². The first-order valence-electron chi connectivity index (χ1n) is 9.13. The summed E-state index contributed by atoms with van der Waals surface area (Å²) < 4.78 is 10.4. The molecule has 0 saturated carbocycles. The third kappa shape index (κ3) is 5.07. The highest BCUT2D eigenvalue weighted by Crippen LogP contribution is 2.16. The van der Waals surface area contributed by atoms with Crippen molar-refractivity contribution < 1.29 is 19.1 Å². The number of carbonyl (C=O) groups excluding carboxylic acids is 2. The topological polar surface area (TPSA) is 52.6 Å². The standard InChI is InChI=1S/C24H22O4/c1-27-21-12-7-11-20(16-21)23(25)17-28-24(26)22-13-6-5-10-19(22)15-14-18-8-3-2-4-9-18/h2-13,16H,14-15,17H2,1H3. The number of rotatable bonds is 8. The molecule has 3 aromatic carbocycles. The molecule has 3 aromatic rings. The van der Waals surface area contributed by atoms with E-state index < -0.39 is 5.97 Å². The second kappa shape index (κ2) is 9.51. The van der Waals surface area contributed by atoms with Crippen LogP contribution in [0.1, 0.15) is 31.8 Å². The first kappa shape index (κ1) is 19.4. The molecule has 0 radical (unpaired) electrons. The minimum absolute atomic E-state index is 0.269. The van der Waals surface area contributed by atoms with Crippen LogP contribution in [0.3, 0.4) is 0 Å². The van der Waals surface area contributed by atoms with Gasteiger partial charge in [-0.3, -0.25) is 4.79 Å². The molecule has 0 aliphatic carbocycles. The maximum Gasteiger partial charge on any atom is 0.338 e. The Morgan fingerprint density at radius 3 is 2.36 bits per heavy atom. The minimum Gasteiger partial charge on any atom is -0.497 e. The van der Waals surface area contributed by atoms with E-state index in [-0.39, 0.29) is 12.4 Å². The summed E-state index contributed by atoms with van der Waals surface area (Å²) in [5, 5.41) is 0. The van der Waals surface area contributed by atoms with Crippen molar-refractivity contribution in [3.63, 3.8) is 0 Å². The number of hydrogen-bond acceptors (Lipinski definition) is 4. The lowest BCUT2D eigenvalue weighted by Gasteiger charge is -2.10. The number of Topliss-reactive ketones (excluding diaryl/α,β-unsaturated/α-hetero) is 1. The highest BCUT2D eigenvalue weighted by atomic mass is 16.5. The zero-order valence-corrected chi connectivity index (χ0v) is 15.8. The molecule has 28 heavy (non-hydrogen) atoms. The van der Waals surface area contributed by atoms with Gasteiger partial charge < -0.3 is 9.47 Å². The normalized spacial score (nSPS) is 10.3. The quantitative estimate of drug-likeness (QED) is 0.430. The van der Waals surface area contributed by atoms with Crippen molar-refractivity contribution in [2.45, 2.75) is 12.8 Å².